The highest BCUT2D eigenvalue weighted by molar-refractivity contribution is 5.25. The summed E-state index contributed by atoms with van der Waals surface area (Å²) in [6.45, 7) is 4.99. The molecule has 1 aliphatic heterocycles. The van der Waals surface area contributed by atoms with Crippen LogP contribution in [0.1, 0.15) is 5.89 Å². The van der Waals surface area contributed by atoms with Gasteiger partial charge in [0, 0.05) is 45.7 Å². The van der Waals surface area contributed by atoms with Crippen LogP contribution in [0.2, 0.25) is 0 Å². The van der Waals surface area contributed by atoms with Crippen molar-refractivity contribution in [3.8, 4) is 0 Å². The van der Waals surface area contributed by atoms with Crippen LogP contribution >= 0.6 is 0 Å². The van der Waals surface area contributed by atoms with Gasteiger partial charge in [-0.15, -0.1) is 5.10 Å². The molecule has 0 bridgehead atoms. The van der Waals surface area contributed by atoms with Crippen molar-refractivity contribution in [1.29, 1.82) is 0 Å². The van der Waals surface area contributed by atoms with E-state index in [4.69, 9.17) is 15.3 Å². The second-order valence-electron chi connectivity index (χ2n) is 4.07. The van der Waals surface area contributed by atoms with Gasteiger partial charge in [-0.1, -0.05) is 5.10 Å². The molecule has 1 fully saturated rings. The summed E-state index contributed by atoms with van der Waals surface area (Å²) >= 11 is 0. The molecule has 1 aromatic rings. The SMILES string of the molecule is NCCc1nnc(N2CCN(CCO)CC2)o1. The average Bonchev–Trinajstić information content (AvgIpc) is 2.80. The summed E-state index contributed by atoms with van der Waals surface area (Å²) in [4.78, 5) is 4.29. The van der Waals surface area contributed by atoms with Crippen LogP contribution in [0.5, 0.6) is 0 Å². The van der Waals surface area contributed by atoms with Gasteiger partial charge in [-0.05, 0) is 0 Å². The van der Waals surface area contributed by atoms with Gasteiger partial charge in [0.05, 0.1) is 6.61 Å². The van der Waals surface area contributed by atoms with Gasteiger partial charge in [-0.25, -0.2) is 0 Å². The standard InChI is InChI=1S/C10H19N5O2/c11-2-1-9-12-13-10(17-9)15-5-3-14(4-6-15)7-8-16/h16H,1-8,11H2. The minimum Gasteiger partial charge on any atom is -0.408 e. The predicted molar refractivity (Wildman–Crippen MR) is 62.8 cm³/mol. The lowest BCUT2D eigenvalue weighted by Crippen LogP contribution is -2.47. The van der Waals surface area contributed by atoms with Crippen molar-refractivity contribution >= 4 is 6.01 Å². The lowest BCUT2D eigenvalue weighted by molar-refractivity contribution is 0.187. The van der Waals surface area contributed by atoms with Crippen LogP contribution in [0.4, 0.5) is 6.01 Å². The number of aromatic nitrogens is 2. The van der Waals surface area contributed by atoms with E-state index >= 15 is 0 Å². The highest BCUT2D eigenvalue weighted by atomic mass is 16.4. The Hall–Kier alpha value is -1.18. The highest BCUT2D eigenvalue weighted by Crippen LogP contribution is 2.14. The van der Waals surface area contributed by atoms with Crippen molar-refractivity contribution in [3.63, 3.8) is 0 Å². The number of anilines is 1. The maximum atomic E-state index is 8.86. The Bertz CT molecular complexity index is 335. The Labute approximate surface area is 100 Å². The van der Waals surface area contributed by atoms with Gasteiger partial charge in [0.2, 0.25) is 5.89 Å². The third-order valence-electron chi connectivity index (χ3n) is 2.87. The molecule has 17 heavy (non-hydrogen) atoms. The number of nitrogens with two attached hydrogens (primary N) is 1. The van der Waals surface area contributed by atoms with Gasteiger partial charge >= 0.3 is 6.01 Å². The van der Waals surface area contributed by atoms with Crippen molar-refractivity contribution in [2.24, 2.45) is 5.73 Å². The molecule has 0 unspecified atom stereocenters. The normalized spacial score (nSPS) is 17.6. The van der Waals surface area contributed by atoms with Gasteiger partial charge in [-0.2, -0.15) is 0 Å². The summed E-state index contributed by atoms with van der Waals surface area (Å²) in [7, 11) is 0. The van der Waals surface area contributed by atoms with Crippen LogP contribution in [0.25, 0.3) is 0 Å². The molecule has 7 heteroatoms. The Balaban J connectivity index is 1.86. The molecule has 1 aliphatic rings. The largest absolute Gasteiger partial charge is 0.408 e. The van der Waals surface area contributed by atoms with Crippen LogP contribution in [0.15, 0.2) is 4.42 Å². The fraction of sp³-hybridized carbons (Fsp3) is 0.800. The summed E-state index contributed by atoms with van der Waals surface area (Å²) in [5, 5.41) is 16.8. The maximum Gasteiger partial charge on any atom is 0.318 e. The van der Waals surface area contributed by atoms with E-state index in [1.807, 2.05) is 0 Å². The van der Waals surface area contributed by atoms with Crippen molar-refractivity contribution in [3.05, 3.63) is 5.89 Å². The van der Waals surface area contributed by atoms with E-state index in [9.17, 15) is 0 Å². The molecule has 0 saturated carbocycles. The van der Waals surface area contributed by atoms with E-state index in [1.54, 1.807) is 0 Å². The van der Waals surface area contributed by atoms with E-state index < -0.39 is 0 Å². The van der Waals surface area contributed by atoms with Gasteiger partial charge in [0.25, 0.3) is 0 Å². The Morgan fingerprint density at radius 1 is 1.24 bits per heavy atom. The summed E-state index contributed by atoms with van der Waals surface area (Å²) in [6, 6.07) is 0.581. The number of piperazine rings is 1. The van der Waals surface area contributed by atoms with Crippen molar-refractivity contribution in [1.82, 2.24) is 15.1 Å². The second-order valence-corrected chi connectivity index (χ2v) is 4.07. The van der Waals surface area contributed by atoms with Gasteiger partial charge < -0.3 is 20.2 Å². The number of hydrogen-bond acceptors (Lipinski definition) is 7. The van der Waals surface area contributed by atoms with E-state index in [1.165, 1.54) is 0 Å². The third kappa shape index (κ3) is 3.15. The minimum atomic E-state index is 0.210. The Morgan fingerprint density at radius 2 is 2.00 bits per heavy atom. The molecule has 0 spiro atoms. The number of nitrogens with zero attached hydrogens (tertiary/aromatic N) is 4. The summed E-state index contributed by atoms with van der Waals surface area (Å²) in [5.41, 5.74) is 5.43. The smallest absolute Gasteiger partial charge is 0.318 e. The summed E-state index contributed by atoms with van der Waals surface area (Å²) < 4.78 is 5.51. The molecule has 0 aromatic carbocycles. The number of aliphatic hydroxyl groups excluding tert-OH is 1. The average molecular weight is 241 g/mol. The highest BCUT2D eigenvalue weighted by Gasteiger charge is 2.20. The summed E-state index contributed by atoms with van der Waals surface area (Å²) in [6.07, 6.45) is 0.622. The number of β-amino-alcohol motifs (C(OH)–C–C–N with tert-alkyl or cyclic N) is 1. The zero-order chi connectivity index (χ0) is 12.1. The fourth-order valence-corrected chi connectivity index (χ4v) is 1.90. The number of aliphatic hydroxyl groups is 1. The molecule has 0 aliphatic carbocycles. The van der Waals surface area contributed by atoms with E-state index in [0.29, 0.717) is 24.9 Å². The molecule has 96 valence electrons. The number of hydrogen-bond donors (Lipinski definition) is 2. The van der Waals surface area contributed by atoms with E-state index in [-0.39, 0.29) is 6.61 Å². The lowest BCUT2D eigenvalue weighted by atomic mass is 10.3. The second kappa shape index (κ2) is 5.95. The van der Waals surface area contributed by atoms with Crippen LogP contribution in [-0.4, -0.2) is 66.1 Å². The molecule has 1 aromatic heterocycles. The third-order valence-corrected chi connectivity index (χ3v) is 2.87. The van der Waals surface area contributed by atoms with Crippen molar-refractivity contribution in [2.75, 3.05) is 50.8 Å². The lowest BCUT2D eigenvalue weighted by Gasteiger charge is -2.33. The minimum absolute atomic E-state index is 0.210. The quantitative estimate of drug-likeness (QED) is 0.661. The first-order valence-electron chi connectivity index (χ1n) is 5.94. The zero-order valence-corrected chi connectivity index (χ0v) is 9.88. The van der Waals surface area contributed by atoms with Crippen LogP contribution in [-0.2, 0) is 6.42 Å². The van der Waals surface area contributed by atoms with Gasteiger partial charge in [0.15, 0.2) is 0 Å². The molecule has 0 atom stereocenters. The fourth-order valence-electron chi connectivity index (χ4n) is 1.90. The molecule has 1 saturated heterocycles. The molecular weight excluding hydrogens is 222 g/mol. The molecule has 7 nitrogen and oxygen atoms in total. The maximum absolute atomic E-state index is 8.86. The zero-order valence-electron chi connectivity index (χ0n) is 9.88. The molecular formula is C10H19N5O2. The first-order chi connectivity index (χ1) is 8.33. The first kappa shape index (κ1) is 12.3. The van der Waals surface area contributed by atoms with Crippen LogP contribution < -0.4 is 10.6 Å². The Kier molecular flexibility index (Phi) is 4.29. The van der Waals surface area contributed by atoms with Crippen LogP contribution in [0, 0.1) is 0 Å². The van der Waals surface area contributed by atoms with E-state index in [2.05, 4.69) is 20.0 Å². The topological polar surface area (TPSA) is 91.7 Å². The molecule has 3 N–H and O–H groups in total. The van der Waals surface area contributed by atoms with Gasteiger partial charge in [0.1, 0.15) is 0 Å². The van der Waals surface area contributed by atoms with E-state index in [0.717, 1.165) is 32.7 Å². The van der Waals surface area contributed by atoms with Crippen molar-refractivity contribution < 1.29 is 9.52 Å². The molecule has 2 heterocycles. The molecule has 0 amide bonds. The van der Waals surface area contributed by atoms with Crippen molar-refractivity contribution in [2.45, 2.75) is 6.42 Å². The summed E-state index contributed by atoms with van der Waals surface area (Å²) in [5.74, 6) is 0.597. The molecule has 2 rings (SSSR count). The van der Waals surface area contributed by atoms with Gasteiger partial charge in [-0.3, -0.25) is 4.90 Å². The Morgan fingerprint density at radius 3 is 2.65 bits per heavy atom. The first-order valence-corrected chi connectivity index (χ1v) is 5.94. The van der Waals surface area contributed by atoms with Crippen LogP contribution in [0.3, 0.4) is 0 Å². The molecule has 0 radical (unpaired) electrons. The number of rotatable bonds is 5. The monoisotopic (exact) mass is 241 g/mol. The predicted octanol–water partition coefficient (Wildman–Crippen LogP) is -1.31.